The Morgan fingerprint density at radius 1 is 1.11 bits per heavy atom. The highest BCUT2D eigenvalue weighted by molar-refractivity contribution is 7.98. The number of thioether (sulfide) groups is 2. The molecule has 2 rings (SSSR count). The fourth-order valence-corrected chi connectivity index (χ4v) is 2.46. The minimum absolute atomic E-state index is 0.0785. The number of aliphatic hydroxyl groups is 1. The van der Waals surface area contributed by atoms with Crippen LogP contribution in [-0.2, 0) is 18.1 Å². The summed E-state index contributed by atoms with van der Waals surface area (Å²) in [5.41, 5.74) is 2.09. The van der Waals surface area contributed by atoms with Gasteiger partial charge in [0.2, 0.25) is 5.89 Å². The van der Waals surface area contributed by atoms with E-state index in [1.807, 2.05) is 30.5 Å². The van der Waals surface area contributed by atoms with Crippen molar-refractivity contribution in [3.8, 4) is 0 Å². The average molecular weight is 282 g/mol. The zero-order valence-corrected chi connectivity index (χ0v) is 11.6. The molecule has 0 spiro atoms. The summed E-state index contributed by atoms with van der Waals surface area (Å²) in [7, 11) is 0. The molecule has 1 aromatic heterocycles. The second-order valence-corrected chi connectivity index (χ2v) is 5.45. The van der Waals surface area contributed by atoms with Crippen molar-refractivity contribution >= 4 is 23.5 Å². The Hall–Kier alpha value is -0.980. The molecule has 0 radical (unpaired) electrons. The summed E-state index contributed by atoms with van der Waals surface area (Å²) >= 11 is 3.18. The summed E-state index contributed by atoms with van der Waals surface area (Å²) in [4.78, 5) is 0. The smallest absolute Gasteiger partial charge is 0.276 e. The molecule has 0 amide bonds. The third-order valence-corrected chi connectivity index (χ3v) is 3.71. The molecule has 0 aliphatic rings. The number of hydrogen-bond donors (Lipinski definition) is 1. The third kappa shape index (κ3) is 3.76. The van der Waals surface area contributed by atoms with Crippen molar-refractivity contribution in [3.05, 3.63) is 41.3 Å². The summed E-state index contributed by atoms with van der Waals surface area (Å²) in [5.74, 6) is 2.20. The maximum atomic E-state index is 8.95. The summed E-state index contributed by atoms with van der Waals surface area (Å²) < 4.78 is 5.47. The fraction of sp³-hybridized carbons (Fsp3) is 0.333. The van der Waals surface area contributed by atoms with Crippen LogP contribution in [0.4, 0.5) is 0 Å². The largest absolute Gasteiger partial charge is 0.415 e. The molecule has 1 N–H and O–H groups in total. The van der Waals surface area contributed by atoms with Crippen LogP contribution in [0.1, 0.15) is 17.0 Å². The minimum atomic E-state index is 0.0785. The molecule has 0 aliphatic heterocycles. The first-order chi connectivity index (χ1) is 8.81. The van der Waals surface area contributed by atoms with E-state index in [0.29, 0.717) is 11.1 Å². The molecule has 4 nitrogen and oxygen atoms in total. The van der Waals surface area contributed by atoms with Crippen molar-refractivity contribution in [1.29, 1.82) is 0 Å². The van der Waals surface area contributed by atoms with E-state index in [9.17, 15) is 0 Å². The van der Waals surface area contributed by atoms with Gasteiger partial charge in [0.15, 0.2) is 0 Å². The van der Waals surface area contributed by atoms with Gasteiger partial charge in [-0.2, -0.15) is 11.8 Å². The summed E-state index contributed by atoms with van der Waals surface area (Å²) in [5, 5.41) is 17.5. The Morgan fingerprint density at radius 3 is 2.50 bits per heavy atom. The van der Waals surface area contributed by atoms with E-state index in [-0.39, 0.29) is 6.61 Å². The highest BCUT2D eigenvalue weighted by atomic mass is 32.2. The van der Waals surface area contributed by atoms with Crippen LogP contribution in [0.2, 0.25) is 0 Å². The lowest BCUT2D eigenvalue weighted by Gasteiger charge is -2.00. The van der Waals surface area contributed by atoms with Crippen LogP contribution in [0, 0.1) is 0 Å². The van der Waals surface area contributed by atoms with Gasteiger partial charge in [-0.25, -0.2) is 0 Å². The Kier molecular flexibility index (Phi) is 5.10. The molecule has 6 heteroatoms. The highest BCUT2D eigenvalue weighted by Crippen LogP contribution is 2.22. The molecule has 2 aromatic rings. The molecule has 0 aliphatic carbocycles. The lowest BCUT2D eigenvalue weighted by molar-refractivity contribution is 0.282. The molecular formula is C12H14N2O2S2. The van der Waals surface area contributed by atoms with Crippen molar-refractivity contribution in [3.63, 3.8) is 0 Å². The molecule has 0 saturated heterocycles. The van der Waals surface area contributed by atoms with Crippen LogP contribution in [0.3, 0.4) is 0 Å². The zero-order valence-electron chi connectivity index (χ0n) is 10.00. The van der Waals surface area contributed by atoms with Crippen LogP contribution >= 0.6 is 23.5 Å². The Bertz CT molecular complexity index is 485. The van der Waals surface area contributed by atoms with Crippen molar-refractivity contribution < 1.29 is 9.52 Å². The van der Waals surface area contributed by atoms with Gasteiger partial charge in [0.05, 0.1) is 12.4 Å². The molecule has 0 atom stereocenters. The normalized spacial score (nSPS) is 10.8. The number of rotatable bonds is 6. The van der Waals surface area contributed by atoms with Crippen LogP contribution in [0.5, 0.6) is 0 Å². The first kappa shape index (κ1) is 13.5. The zero-order chi connectivity index (χ0) is 12.8. The number of hydrogen-bond acceptors (Lipinski definition) is 6. The molecule has 1 aromatic carbocycles. The van der Waals surface area contributed by atoms with Gasteiger partial charge in [-0.1, -0.05) is 36.0 Å². The second kappa shape index (κ2) is 6.82. The van der Waals surface area contributed by atoms with Crippen molar-refractivity contribution in [2.75, 3.05) is 6.26 Å². The van der Waals surface area contributed by atoms with Gasteiger partial charge in [-0.05, 0) is 17.4 Å². The van der Waals surface area contributed by atoms with Gasteiger partial charge >= 0.3 is 0 Å². The van der Waals surface area contributed by atoms with E-state index in [1.165, 1.54) is 17.3 Å². The summed E-state index contributed by atoms with van der Waals surface area (Å²) in [6.45, 7) is 0.0785. The molecule has 0 saturated carbocycles. The van der Waals surface area contributed by atoms with Crippen molar-refractivity contribution in [2.24, 2.45) is 0 Å². The van der Waals surface area contributed by atoms with E-state index in [2.05, 4.69) is 10.2 Å². The number of benzene rings is 1. The number of nitrogens with zero attached hydrogens (tertiary/aromatic N) is 2. The van der Waals surface area contributed by atoms with Gasteiger partial charge in [-0.3, -0.25) is 0 Å². The lowest BCUT2D eigenvalue weighted by atomic mass is 10.2. The van der Waals surface area contributed by atoms with E-state index < -0.39 is 0 Å². The summed E-state index contributed by atoms with van der Waals surface area (Å²) in [6.07, 6.45) is 2.00. The van der Waals surface area contributed by atoms with E-state index in [4.69, 9.17) is 9.52 Å². The van der Waals surface area contributed by atoms with Crippen LogP contribution in [0.25, 0.3) is 0 Å². The average Bonchev–Trinajstić information content (AvgIpc) is 2.85. The monoisotopic (exact) mass is 282 g/mol. The maximum absolute atomic E-state index is 8.95. The Balaban J connectivity index is 1.89. The van der Waals surface area contributed by atoms with Gasteiger partial charge in [0.1, 0.15) is 0 Å². The molecule has 0 bridgehead atoms. The number of aliphatic hydroxyl groups excluding tert-OH is 1. The molecule has 96 valence electrons. The van der Waals surface area contributed by atoms with Crippen molar-refractivity contribution in [1.82, 2.24) is 10.2 Å². The number of aromatic nitrogens is 2. The first-order valence-corrected chi connectivity index (χ1v) is 7.82. The van der Waals surface area contributed by atoms with E-state index >= 15 is 0 Å². The topological polar surface area (TPSA) is 59.2 Å². The Labute approximate surface area is 114 Å². The highest BCUT2D eigenvalue weighted by Gasteiger charge is 2.06. The third-order valence-electron chi connectivity index (χ3n) is 2.28. The van der Waals surface area contributed by atoms with Gasteiger partial charge in [0, 0.05) is 5.75 Å². The van der Waals surface area contributed by atoms with E-state index in [1.54, 1.807) is 11.8 Å². The van der Waals surface area contributed by atoms with Gasteiger partial charge in [0.25, 0.3) is 5.22 Å². The minimum Gasteiger partial charge on any atom is -0.415 e. The van der Waals surface area contributed by atoms with Crippen LogP contribution in [0.15, 0.2) is 33.9 Å². The molecular weight excluding hydrogens is 268 g/mol. The van der Waals surface area contributed by atoms with Gasteiger partial charge < -0.3 is 9.52 Å². The van der Waals surface area contributed by atoms with Gasteiger partial charge in [-0.15, -0.1) is 10.2 Å². The molecule has 0 unspecified atom stereocenters. The summed E-state index contributed by atoms with van der Waals surface area (Å²) in [6, 6.07) is 7.83. The fourth-order valence-electron chi connectivity index (χ4n) is 1.36. The van der Waals surface area contributed by atoms with Crippen LogP contribution < -0.4 is 0 Å². The lowest BCUT2D eigenvalue weighted by Crippen LogP contribution is -1.85. The predicted octanol–water partition coefficient (Wildman–Crippen LogP) is 2.72. The first-order valence-electron chi connectivity index (χ1n) is 5.44. The second-order valence-electron chi connectivity index (χ2n) is 3.66. The maximum Gasteiger partial charge on any atom is 0.276 e. The van der Waals surface area contributed by atoms with Crippen LogP contribution in [-0.4, -0.2) is 21.6 Å². The predicted molar refractivity (Wildman–Crippen MR) is 73.4 cm³/mol. The molecule has 1 heterocycles. The molecule has 18 heavy (non-hydrogen) atoms. The quantitative estimate of drug-likeness (QED) is 0.822. The standard InChI is InChI=1S/C12H14N2O2S2/c1-17-8-11-13-14-12(16-11)18-7-10-4-2-9(6-15)3-5-10/h2-5,15H,6-8H2,1H3. The Morgan fingerprint density at radius 2 is 1.83 bits per heavy atom. The molecule has 0 fully saturated rings. The van der Waals surface area contributed by atoms with E-state index in [0.717, 1.165) is 17.1 Å². The van der Waals surface area contributed by atoms with Crippen molar-refractivity contribution in [2.45, 2.75) is 23.3 Å². The SMILES string of the molecule is CSCc1nnc(SCc2ccc(CO)cc2)o1.